The topological polar surface area (TPSA) is 79.7 Å². The number of halogens is 1. The van der Waals surface area contributed by atoms with Gasteiger partial charge in [0.25, 0.3) is 5.78 Å². The van der Waals surface area contributed by atoms with Crippen LogP contribution in [0, 0.1) is 19.7 Å². The van der Waals surface area contributed by atoms with Crippen molar-refractivity contribution in [2.75, 3.05) is 12.0 Å². The molecule has 8 heteroatoms. The summed E-state index contributed by atoms with van der Waals surface area (Å²) in [5.74, 6) is -2.17. The minimum absolute atomic E-state index is 0.0993. The number of ether oxygens (including phenoxy) is 1. The highest BCUT2D eigenvalue weighted by Gasteiger charge is 2.49. The normalized spacial score (nSPS) is 17.9. The van der Waals surface area contributed by atoms with E-state index >= 15 is 0 Å². The number of hydrogen-bond donors (Lipinski definition) is 1. The number of rotatable bonds is 4. The summed E-state index contributed by atoms with van der Waals surface area (Å²) in [4.78, 5) is 32.5. The lowest BCUT2D eigenvalue weighted by atomic mass is 9.95. The van der Waals surface area contributed by atoms with Crippen LogP contribution in [0.1, 0.15) is 27.7 Å². The van der Waals surface area contributed by atoms with E-state index in [-0.39, 0.29) is 22.0 Å². The van der Waals surface area contributed by atoms with E-state index < -0.39 is 23.5 Å². The van der Waals surface area contributed by atoms with Gasteiger partial charge in [-0.1, -0.05) is 18.2 Å². The van der Waals surface area contributed by atoms with E-state index in [2.05, 4.69) is 4.98 Å². The van der Waals surface area contributed by atoms with Crippen LogP contribution in [0.25, 0.3) is 5.76 Å². The van der Waals surface area contributed by atoms with Gasteiger partial charge in [-0.25, -0.2) is 9.37 Å². The number of aryl methyl sites for hydroxylation is 2. The molecule has 31 heavy (non-hydrogen) atoms. The first-order valence-corrected chi connectivity index (χ1v) is 10.3. The Kier molecular flexibility index (Phi) is 5.32. The molecule has 4 rings (SSSR count). The molecule has 1 amide bonds. The first-order chi connectivity index (χ1) is 14.8. The number of amides is 1. The molecule has 2 aromatic carbocycles. The highest BCUT2D eigenvalue weighted by Crippen LogP contribution is 2.44. The molecule has 1 atom stereocenters. The van der Waals surface area contributed by atoms with Crippen molar-refractivity contribution in [1.82, 2.24) is 4.98 Å². The van der Waals surface area contributed by atoms with Gasteiger partial charge in [-0.15, -0.1) is 11.3 Å². The minimum Gasteiger partial charge on any atom is -0.507 e. The molecule has 158 valence electrons. The average molecular weight is 438 g/mol. The Morgan fingerprint density at radius 3 is 2.39 bits per heavy atom. The minimum atomic E-state index is -1.15. The second kappa shape index (κ2) is 7.96. The van der Waals surface area contributed by atoms with Gasteiger partial charge >= 0.3 is 5.91 Å². The van der Waals surface area contributed by atoms with E-state index in [1.807, 2.05) is 6.92 Å². The average Bonchev–Trinajstić information content (AvgIpc) is 3.23. The molecular formula is C23H19FN2O4S. The molecule has 0 spiro atoms. The summed E-state index contributed by atoms with van der Waals surface area (Å²) in [5, 5.41) is 11.3. The first kappa shape index (κ1) is 20.7. The van der Waals surface area contributed by atoms with Crippen LogP contribution in [0.15, 0.2) is 54.1 Å². The van der Waals surface area contributed by atoms with Crippen molar-refractivity contribution in [1.29, 1.82) is 0 Å². The summed E-state index contributed by atoms with van der Waals surface area (Å²) in [7, 11) is 1.51. The fourth-order valence-corrected chi connectivity index (χ4v) is 4.42. The van der Waals surface area contributed by atoms with Gasteiger partial charge in [0.15, 0.2) is 5.13 Å². The summed E-state index contributed by atoms with van der Waals surface area (Å²) in [5.41, 5.74) is 0.934. The number of methoxy groups -OCH3 is 1. The molecule has 1 aromatic heterocycles. The molecule has 1 aliphatic rings. The highest BCUT2D eigenvalue weighted by atomic mass is 32.1. The van der Waals surface area contributed by atoms with Crippen LogP contribution >= 0.6 is 11.3 Å². The molecule has 1 aliphatic heterocycles. The number of thiazole rings is 1. The Bertz CT molecular complexity index is 1200. The van der Waals surface area contributed by atoms with E-state index in [1.165, 1.54) is 41.5 Å². The highest BCUT2D eigenvalue weighted by molar-refractivity contribution is 7.16. The van der Waals surface area contributed by atoms with Crippen molar-refractivity contribution in [3.63, 3.8) is 0 Å². The van der Waals surface area contributed by atoms with Crippen LogP contribution in [-0.2, 0) is 9.59 Å². The van der Waals surface area contributed by atoms with Crippen molar-refractivity contribution >= 4 is 33.9 Å². The number of aliphatic hydroxyl groups is 1. The predicted octanol–water partition coefficient (Wildman–Crippen LogP) is 4.53. The Labute approximate surface area is 182 Å². The zero-order valence-electron chi connectivity index (χ0n) is 17.0. The maximum absolute atomic E-state index is 14.8. The van der Waals surface area contributed by atoms with Crippen LogP contribution in [-0.4, -0.2) is 28.9 Å². The van der Waals surface area contributed by atoms with Crippen LogP contribution < -0.4 is 9.64 Å². The van der Waals surface area contributed by atoms with Gasteiger partial charge in [-0.2, -0.15) is 0 Å². The standard InChI is InChI=1S/C23H19FN2O4S/c1-12-13(2)31-23(25-12)26-19(16-6-4-5-7-17(16)24)18(21(28)22(26)29)20(27)14-8-10-15(30-3)11-9-14/h4-11,19,27H,1-3H3/b20-18+. The SMILES string of the molecule is COc1ccc(/C(O)=C2\C(=O)C(=O)N(c3nc(C)c(C)s3)C2c2ccccc2F)cc1. The van der Waals surface area contributed by atoms with Gasteiger partial charge in [-0.05, 0) is 44.2 Å². The van der Waals surface area contributed by atoms with Gasteiger partial charge in [0.05, 0.1) is 18.4 Å². The summed E-state index contributed by atoms with van der Waals surface area (Å²) in [6.45, 7) is 3.64. The molecular weight excluding hydrogens is 419 g/mol. The van der Waals surface area contributed by atoms with E-state index in [4.69, 9.17) is 4.74 Å². The van der Waals surface area contributed by atoms with E-state index in [0.29, 0.717) is 17.0 Å². The summed E-state index contributed by atoms with van der Waals surface area (Å²) >= 11 is 1.23. The zero-order chi connectivity index (χ0) is 22.3. The summed E-state index contributed by atoms with van der Waals surface area (Å²) in [6, 6.07) is 11.1. The molecule has 1 fully saturated rings. The molecule has 2 heterocycles. The molecule has 1 N–H and O–H groups in total. The van der Waals surface area contributed by atoms with Gasteiger partial charge < -0.3 is 9.84 Å². The molecule has 0 radical (unpaired) electrons. The first-order valence-electron chi connectivity index (χ1n) is 9.47. The van der Waals surface area contributed by atoms with Crippen molar-refractivity contribution in [3.8, 4) is 5.75 Å². The third-order valence-corrected chi connectivity index (χ3v) is 6.30. The van der Waals surface area contributed by atoms with Crippen molar-refractivity contribution in [2.45, 2.75) is 19.9 Å². The molecule has 1 unspecified atom stereocenters. The van der Waals surface area contributed by atoms with E-state index in [0.717, 1.165) is 4.88 Å². The van der Waals surface area contributed by atoms with Crippen LogP contribution in [0.3, 0.4) is 0 Å². The quantitative estimate of drug-likeness (QED) is 0.368. The van der Waals surface area contributed by atoms with Crippen LogP contribution in [0.5, 0.6) is 5.75 Å². The Hall–Kier alpha value is -3.52. The Morgan fingerprint density at radius 1 is 1.13 bits per heavy atom. The van der Waals surface area contributed by atoms with Crippen molar-refractivity contribution < 1.29 is 23.8 Å². The fourth-order valence-electron chi connectivity index (χ4n) is 3.48. The maximum atomic E-state index is 14.8. The second-order valence-corrected chi connectivity index (χ2v) is 8.24. The number of anilines is 1. The number of nitrogens with zero attached hydrogens (tertiary/aromatic N) is 2. The Balaban J connectivity index is 1.95. The number of aliphatic hydroxyl groups excluding tert-OH is 1. The lowest BCUT2D eigenvalue weighted by Crippen LogP contribution is -2.29. The third kappa shape index (κ3) is 3.48. The van der Waals surface area contributed by atoms with E-state index in [9.17, 15) is 19.1 Å². The summed E-state index contributed by atoms with van der Waals surface area (Å²) in [6.07, 6.45) is 0. The smallest absolute Gasteiger partial charge is 0.301 e. The van der Waals surface area contributed by atoms with Gasteiger partial charge in [-0.3, -0.25) is 14.5 Å². The van der Waals surface area contributed by atoms with Crippen molar-refractivity contribution in [2.24, 2.45) is 0 Å². The number of ketones is 1. The number of carbonyl (C=O) groups excluding carboxylic acids is 2. The lowest BCUT2D eigenvalue weighted by Gasteiger charge is -2.23. The van der Waals surface area contributed by atoms with Crippen molar-refractivity contribution in [3.05, 3.63) is 81.6 Å². The van der Waals surface area contributed by atoms with Gasteiger partial charge in [0.1, 0.15) is 23.4 Å². The fraction of sp³-hybridized carbons (Fsp3) is 0.174. The molecule has 6 nitrogen and oxygen atoms in total. The monoisotopic (exact) mass is 438 g/mol. The number of aromatic nitrogens is 1. The second-order valence-electron chi connectivity index (χ2n) is 7.06. The van der Waals surface area contributed by atoms with Crippen LogP contribution in [0.2, 0.25) is 0 Å². The van der Waals surface area contributed by atoms with Gasteiger partial charge in [0, 0.05) is 16.0 Å². The number of carbonyl (C=O) groups is 2. The number of Topliss-reactive ketones (excluding diaryl/α,β-unsaturated/α-hetero) is 1. The molecule has 0 saturated carbocycles. The predicted molar refractivity (Wildman–Crippen MR) is 116 cm³/mol. The van der Waals surface area contributed by atoms with Gasteiger partial charge in [0.2, 0.25) is 0 Å². The molecule has 0 aliphatic carbocycles. The molecule has 1 saturated heterocycles. The van der Waals surface area contributed by atoms with E-state index in [1.54, 1.807) is 37.3 Å². The Morgan fingerprint density at radius 2 is 1.81 bits per heavy atom. The summed E-state index contributed by atoms with van der Waals surface area (Å²) < 4.78 is 19.9. The molecule has 3 aromatic rings. The van der Waals surface area contributed by atoms with Crippen LogP contribution in [0.4, 0.5) is 9.52 Å². The zero-order valence-corrected chi connectivity index (χ0v) is 17.9. The number of hydrogen-bond acceptors (Lipinski definition) is 6. The molecule has 0 bridgehead atoms. The lowest BCUT2D eigenvalue weighted by molar-refractivity contribution is -0.132. The third-order valence-electron chi connectivity index (χ3n) is 5.23. The largest absolute Gasteiger partial charge is 0.507 e. The number of benzene rings is 2. The maximum Gasteiger partial charge on any atom is 0.301 e.